The summed E-state index contributed by atoms with van der Waals surface area (Å²) in [4.78, 5) is 2.29. The summed E-state index contributed by atoms with van der Waals surface area (Å²) in [6.07, 6.45) is 2.21. The largest absolute Gasteiger partial charge is 0.493 e. The minimum Gasteiger partial charge on any atom is -0.493 e. The summed E-state index contributed by atoms with van der Waals surface area (Å²) in [7, 11) is 0. The van der Waals surface area contributed by atoms with Gasteiger partial charge in [0, 0.05) is 23.9 Å². The van der Waals surface area contributed by atoms with E-state index >= 15 is 0 Å². The number of aryl methyl sites for hydroxylation is 2. The Bertz CT molecular complexity index is 681. The molecule has 0 radical (unpaired) electrons. The molecule has 108 valence electrons. The van der Waals surface area contributed by atoms with Gasteiger partial charge in [0.25, 0.3) is 0 Å². The summed E-state index contributed by atoms with van der Waals surface area (Å²) in [5, 5.41) is 0. The predicted octanol–water partition coefficient (Wildman–Crippen LogP) is 3.68. The fraction of sp³-hybridized carbons (Fsp3) is 0.333. The first-order valence-electron chi connectivity index (χ1n) is 7.53. The second kappa shape index (κ2) is 4.99. The van der Waals surface area contributed by atoms with Gasteiger partial charge in [-0.05, 0) is 43.0 Å². The molecule has 2 heterocycles. The molecule has 4 rings (SSSR count). The lowest BCUT2D eigenvalue weighted by Gasteiger charge is -2.33. The highest BCUT2D eigenvalue weighted by molar-refractivity contribution is 5.56. The summed E-state index contributed by atoms with van der Waals surface area (Å²) in [5.41, 5.74) is 5.10. The van der Waals surface area contributed by atoms with Crippen molar-refractivity contribution >= 4 is 5.69 Å². The van der Waals surface area contributed by atoms with Crippen molar-refractivity contribution in [3.8, 4) is 11.5 Å². The van der Waals surface area contributed by atoms with Crippen LogP contribution in [0.25, 0.3) is 0 Å². The Kier molecular flexibility index (Phi) is 2.99. The number of rotatable bonds is 1. The Hall–Kier alpha value is -2.16. The van der Waals surface area contributed by atoms with Gasteiger partial charge in [0.15, 0.2) is 6.73 Å². The van der Waals surface area contributed by atoms with E-state index < -0.39 is 0 Å². The van der Waals surface area contributed by atoms with Gasteiger partial charge < -0.3 is 14.4 Å². The zero-order valence-corrected chi connectivity index (χ0v) is 12.3. The molecule has 2 aromatic rings. The molecule has 0 bridgehead atoms. The minimum absolute atomic E-state index is 0.594. The van der Waals surface area contributed by atoms with Crippen molar-refractivity contribution < 1.29 is 9.47 Å². The number of benzene rings is 2. The van der Waals surface area contributed by atoms with Crippen molar-refractivity contribution in [3.05, 3.63) is 53.1 Å². The first-order chi connectivity index (χ1) is 10.3. The van der Waals surface area contributed by atoms with E-state index in [1.54, 1.807) is 0 Å². The van der Waals surface area contributed by atoms with Gasteiger partial charge in [-0.1, -0.05) is 18.2 Å². The van der Waals surface area contributed by atoms with Crippen molar-refractivity contribution in [2.75, 3.05) is 18.2 Å². The molecule has 21 heavy (non-hydrogen) atoms. The maximum atomic E-state index is 5.96. The molecule has 0 amide bonds. The predicted molar refractivity (Wildman–Crippen MR) is 83.1 cm³/mol. The summed E-state index contributed by atoms with van der Waals surface area (Å²) >= 11 is 0. The zero-order valence-electron chi connectivity index (χ0n) is 12.3. The van der Waals surface area contributed by atoms with Gasteiger partial charge in [-0.15, -0.1) is 0 Å². The van der Waals surface area contributed by atoms with Crippen molar-refractivity contribution in [3.63, 3.8) is 0 Å². The molecule has 3 nitrogen and oxygen atoms in total. The van der Waals surface area contributed by atoms with Crippen LogP contribution in [0.2, 0.25) is 0 Å². The molecule has 3 heteroatoms. The van der Waals surface area contributed by atoms with Gasteiger partial charge in [-0.3, -0.25) is 0 Å². The lowest BCUT2D eigenvalue weighted by atomic mass is 10.0. The van der Waals surface area contributed by atoms with Crippen LogP contribution in [0.4, 0.5) is 5.69 Å². The molecular weight excluding hydrogens is 262 g/mol. The Morgan fingerprint density at radius 2 is 1.86 bits per heavy atom. The number of ether oxygens (including phenoxy) is 2. The van der Waals surface area contributed by atoms with Gasteiger partial charge in [0.05, 0.1) is 6.61 Å². The number of fused-ring (bicyclic) bond motifs is 2. The number of para-hydroxylation sites is 1. The normalized spacial score (nSPS) is 16.5. The summed E-state index contributed by atoms with van der Waals surface area (Å²) < 4.78 is 11.7. The second-order valence-electron chi connectivity index (χ2n) is 5.78. The molecule has 0 fully saturated rings. The van der Waals surface area contributed by atoms with Crippen LogP contribution in [0.5, 0.6) is 11.5 Å². The summed E-state index contributed by atoms with van der Waals surface area (Å²) in [6.45, 7) is 4.46. The van der Waals surface area contributed by atoms with E-state index in [4.69, 9.17) is 9.47 Å². The third-order valence-corrected chi connectivity index (χ3v) is 4.28. The van der Waals surface area contributed by atoms with Gasteiger partial charge in [-0.25, -0.2) is 0 Å². The molecule has 0 spiro atoms. The van der Waals surface area contributed by atoms with Crippen LogP contribution in [-0.4, -0.2) is 13.3 Å². The van der Waals surface area contributed by atoms with Crippen LogP contribution in [0.3, 0.4) is 0 Å². The van der Waals surface area contributed by atoms with E-state index in [2.05, 4.69) is 48.2 Å². The first kappa shape index (κ1) is 12.6. The fourth-order valence-electron chi connectivity index (χ4n) is 3.16. The van der Waals surface area contributed by atoms with Gasteiger partial charge in [-0.2, -0.15) is 0 Å². The molecule has 2 aromatic carbocycles. The Morgan fingerprint density at radius 3 is 2.76 bits per heavy atom. The van der Waals surface area contributed by atoms with E-state index in [0.29, 0.717) is 6.73 Å². The fourth-order valence-corrected chi connectivity index (χ4v) is 3.16. The quantitative estimate of drug-likeness (QED) is 0.796. The van der Waals surface area contributed by atoms with E-state index in [0.717, 1.165) is 37.5 Å². The average molecular weight is 281 g/mol. The van der Waals surface area contributed by atoms with Crippen LogP contribution in [-0.2, 0) is 13.0 Å². The zero-order chi connectivity index (χ0) is 14.2. The molecule has 0 unspecified atom stereocenters. The van der Waals surface area contributed by atoms with E-state index in [1.807, 2.05) is 0 Å². The van der Waals surface area contributed by atoms with E-state index in [-0.39, 0.29) is 0 Å². The van der Waals surface area contributed by atoms with Crippen molar-refractivity contribution in [2.24, 2.45) is 0 Å². The highest BCUT2D eigenvalue weighted by Gasteiger charge is 2.22. The molecule has 2 aliphatic rings. The van der Waals surface area contributed by atoms with Gasteiger partial charge in [0.1, 0.15) is 11.5 Å². The van der Waals surface area contributed by atoms with E-state index in [1.165, 1.54) is 22.4 Å². The van der Waals surface area contributed by atoms with Crippen LogP contribution in [0.1, 0.15) is 23.1 Å². The van der Waals surface area contributed by atoms with Crippen LogP contribution in [0.15, 0.2) is 36.4 Å². The second-order valence-corrected chi connectivity index (χ2v) is 5.78. The molecule has 0 saturated carbocycles. The smallest absolute Gasteiger partial charge is 0.161 e. The molecule has 0 aromatic heterocycles. The standard InChI is InChI=1S/C18H19NO2/c1-13-5-2-3-7-16(13)19-11-15-9-14-6-4-8-20-17(14)10-18(15)21-12-19/h2-3,5,7,9-10H,4,6,8,11-12H2,1H3. The van der Waals surface area contributed by atoms with Crippen LogP contribution < -0.4 is 14.4 Å². The third kappa shape index (κ3) is 2.23. The topological polar surface area (TPSA) is 21.7 Å². The summed E-state index contributed by atoms with van der Waals surface area (Å²) in [5.74, 6) is 1.98. The number of hydrogen-bond acceptors (Lipinski definition) is 3. The SMILES string of the molecule is Cc1ccccc1N1COc2cc3c(cc2C1)CCCO3. The lowest BCUT2D eigenvalue weighted by Crippen LogP contribution is -2.32. The van der Waals surface area contributed by atoms with Crippen LogP contribution in [0, 0.1) is 6.92 Å². The molecule has 0 N–H and O–H groups in total. The molecule has 0 saturated heterocycles. The number of nitrogens with zero attached hydrogens (tertiary/aromatic N) is 1. The Balaban J connectivity index is 1.67. The maximum Gasteiger partial charge on any atom is 0.161 e. The summed E-state index contributed by atoms with van der Waals surface area (Å²) in [6, 6.07) is 12.8. The molecule has 2 aliphatic heterocycles. The highest BCUT2D eigenvalue weighted by atomic mass is 16.5. The molecule has 0 atom stereocenters. The lowest BCUT2D eigenvalue weighted by molar-refractivity contribution is 0.270. The minimum atomic E-state index is 0.594. The highest BCUT2D eigenvalue weighted by Crippen LogP contribution is 2.36. The monoisotopic (exact) mass is 281 g/mol. The molecule has 0 aliphatic carbocycles. The Labute approximate surface area is 125 Å². The first-order valence-corrected chi connectivity index (χ1v) is 7.53. The number of anilines is 1. The van der Waals surface area contributed by atoms with Crippen molar-refractivity contribution in [1.82, 2.24) is 0 Å². The van der Waals surface area contributed by atoms with Crippen molar-refractivity contribution in [1.29, 1.82) is 0 Å². The van der Waals surface area contributed by atoms with Gasteiger partial charge in [0.2, 0.25) is 0 Å². The third-order valence-electron chi connectivity index (χ3n) is 4.28. The van der Waals surface area contributed by atoms with Gasteiger partial charge >= 0.3 is 0 Å². The average Bonchev–Trinajstić information content (AvgIpc) is 2.53. The number of hydrogen-bond donors (Lipinski definition) is 0. The van der Waals surface area contributed by atoms with Crippen molar-refractivity contribution in [2.45, 2.75) is 26.3 Å². The maximum absolute atomic E-state index is 5.96. The Morgan fingerprint density at radius 1 is 1.00 bits per heavy atom. The van der Waals surface area contributed by atoms with Crippen LogP contribution >= 0.6 is 0 Å². The van der Waals surface area contributed by atoms with E-state index in [9.17, 15) is 0 Å². The molecular formula is C18H19NO2.